The van der Waals surface area contributed by atoms with Crippen LogP contribution in [0.15, 0.2) is 47.4 Å². The molecule has 1 saturated heterocycles. The topological polar surface area (TPSA) is 85.3 Å². The van der Waals surface area contributed by atoms with E-state index in [2.05, 4.69) is 0 Å². The van der Waals surface area contributed by atoms with E-state index in [0.29, 0.717) is 38.6 Å². The molecule has 154 valence electrons. The van der Waals surface area contributed by atoms with Crippen LogP contribution in [0.5, 0.6) is 17.2 Å². The SMILES string of the molecule is CCC(Oc1ccc(/C=C2/SC(=S)N(c3ccc4c(c3)OCO4)C2=O)cc1)C(=O)O. The van der Waals surface area contributed by atoms with Gasteiger partial charge in [0.05, 0.1) is 10.6 Å². The van der Waals surface area contributed by atoms with Gasteiger partial charge in [0.1, 0.15) is 5.75 Å². The lowest BCUT2D eigenvalue weighted by Gasteiger charge is -2.14. The Hall–Kier alpha value is -3.04. The van der Waals surface area contributed by atoms with Crippen molar-refractivity contribution in [1.82, 2.24) is 0 Å². The van der Waals surface area contributed by atoms with Crippen LogP contribution in [-0.4, -0.2) is 34.2 Å². The first-order valence-electron chi connectivity index (χ1n) is 9.13. The molecule has 9 heteroatoms. The zero-order valence-corrected chi connectivity index (χ0v) is 17.5. The van der Waals surface area contributed by atoms with E-state index >= 15 is 0 Å². The van der Waals surface area contributed by atoms with Crippen molar-refractivity contribution in [3.8, 4) is 17.2 Å². The number of amides is 1. The molecule has 0 spiro atoms. The van der Waals surface area contributed by atoms with E-state index in [9.17, 15) is 9.59 Å². The van der Waals surface area contributed by atoms with E-state index in [1.807, 2.05) is 0 Å². The molecule has 2 aliphatic heterocycles. The van der Waals surface area contributed by atoms with Gasteiger partial charge in [-0.15, -0.1) is 0 Å². The molecule has 0 aromatic heterocycles. The lowest BCUT2D eigenvalue weighted by molar-refractivity contribution is -0.145. The number of rotatable bonds is 6. The van der Waals surface area contributed by atoms with Crippen LogP contribution in [0.1, 0.15) is 18.9 Å². The Balaban J connectivity index is 1.51. The number of carboxylic acids is 1. The normalized spacial score (nSPS) is 17.5. The largest absolute Gasteiger partial charge is 0.479 e. The molecule has 0 aliphatic carbocycles. The number of hydrogen-bond acceptors (Lipinski definition) is 7. The van der Waals surface area contributed by atoms with E-state index < -0.39 is 12.1 Å². The molecule has 1 fully saturated rings. The molecule has 0 bridgehead atoms. The first-order valence-corrected chi connectivity index (χ1v) is 10.4. The van der Waals surface area contributed by atoms with Crippen LogP contribution in [-0.2, 0) is 9.59 Å². The molecule has 1 N–H and O–H groups in total. The quantitative estimate of drug-likeness (QED) is 0.528. The summed E-state index contributed by atoms with van der Waals surface area (Å²) in [5, 5.41) is 9.10. The molecule has 1 amide bonds. The summed E-state index contributed by atoms with van der Waals surface area (Å²) in [7, 11) is 0. The Morgan fingerprint density at radius 2 is 2.00 bits per heavy atom. The number of aliphatic carboxylic acids is 1. The monoisotopic (exact) mass is 443 g/mol. The van der Waals surface area contributed by atoms with Crippen LogP contribution in [0, 0.1) is 0 Å². The number of carbonyl (C=O) groups excluding carboxylic acids is 1. The molecule has 2 aliphatic rings. The van der Waals surface area contributed by atoms with E-state index in [1.54, 1.807) is 55.5 Å². The third-order valence-electron chi connectivity index (χ3n) is 4.51. The number of nitrogens with zero attached hydrogens (tertiary/aromatic N) is 1. The molecule has 30 heavy (non-hydrogen) atoms. The minimum Gasteiger partial charge on any atom is -0.479 e. The summed E-state index contributed by atoms with van der Waals surface area (Å²) >= 11 is 6.62. The summed E-state index contributed by atoms with van der Waals surface area (Å²) in [5.41, 5.74) is 1.39. The molecule has 0 saturated carbocycles. The number of hydrogen-bond donors (Lipinski definition) is 1. The predicted molar refractivity (Wildman–Crippen MR) is 117 cm³/mol. The van der Waals surface area contributed by atoms with Gasteiger partial charge in [0, 0.05) is 6.07 Å². The van der Waals surface area contributed by atoms with Gasteiger partial charge in [-0.2, -0.15) is 0 Å². The van der Waals surface area contributed by atoms with Crippen LogP contribution < -0.4 is 19.1 Å². The maximum absolute atomic E-state index is 12.9. The van der Waals surface area contributed by atoms with Crippen LogP contribution in [0.4, 0.5) is 5.69 Å². The van der Waals surface area contributed by atoms with Crippen molar-refractivity contribution < 1.29 is 28.9 Å². The summed E-state index contributed by atoms with van der Waals surface area (Å²) in [6, 6.07) is 12.1. The van der Waals surface area contributed by atoms with Crippen molar-refractivity contribution in [1.29, 1.82) is 0 Å². The zero-order chi connectivity index (χ0) is 21.3. The van der Waals surface area contributed by atoms with Crippen molar-refractivity contribution in [3.05, 3.63) is 52.9 Å². The highest BCUT2D eigenvalue weighted by Crippen LogP contribution is 2.40. The summed E-state index contributed by atoms with van der Waals surface area (Å²) in [6.07, 6.45) is 1.21. The summed E-state index contributed by atoms with van der Waals surface area (Å²) in [6.45, 7) is 1.90. The fourth-order valence-corrected chi connectivity index (χ4v) is 4.28. The Morgan fingerprint density at radius 3 is 2.70 bits per heavy atom. The lowest BCUT2D eigenvalue weighted by Crippen LogP contribution is -2.27. The molecule has 1 unspecified atom stereocenters. The van der Waals surface area contributed by atoms with E-state index in [4.69, 9.17) is 31.5 Å². The Labute approximate surface area is 182 Å². The molecule has 7 nitrogen and oxygen atoms in total. The van der Waals surface area contributed by atoms with Crippen molar-refractivity contribution in [3.63, 3.8) is 0 Å². The third-order valence-corrected chi connectivity index (χ3v) is 5.81. The number of ether oxygens (including phenoxy) is 3. The Kier molecular flexibility index (Phi) is 5.65. The fourth-order valence-electron chi connectivity index (χ4n) is 2.98. The number of benzene rings is 2. The third kappa shape index (κ3) is 3.99. The van der Waals surface area contributed by atoms with Gasteiger partial charge in [-0.1, -0.05) is 43.0 Å². The molecule has 2 aromatic carbocycles. The average Bonchev–Trinajstić information content (AvgIpc) is 3.30. The first kappa shape index (κ1) is 20.2. The molecular formula is C21H17NO6S2. The number of carboxylic acid groups (broad SMARTS) is 1. The molecular weight excluding hydrogens is 426 g/mol. The van der Waals surface area contributed by atoms with E-state index in [-0.39, 0.29) is 12.7 Å². The molecule has 2 heterocycles. The Bertz CT molecular complexity index is 1050. The second kappa shape index (κ2) is 8.37. The molecule has 1 atom stereocenters. The van der Waals surface area contributed by atoms with Gasteiger partial charge < -0.3 is 19.3 Å². The highest BCUT2D eigenvalue weighted by molar-refractivity contribution is 8.27. The van der Waals surface area contributed by atoms with Gasteiger partial charge >= 0.3 is 5.97 Å². The van der Waals surface area contributed by atoms with Gasteiger partial charge in [-0.25, -0.2) is 4.79 Å². The minimum atomic E-state index is -1.01. The lowest BCUT2D eigenvalue weighted by atomic mass is 10.2. The smallest absolute Gasteiger partial charge is 0.344 e. The van der Waals surface area contributed by atoms with Gasteiger partial charge in [-0.3, -0.25) is 9.69 Å². The average molecular weight is 444 g/mol. The van der Waals surface area contributed by atoms with Crippen molar-refractivity contribution in [2.45, 2.75) is 19.4 Å². The standard InChI is InChI=1S/C21H17NO6S2/c1-2-15(20(24)25)28-14-6-3-12(4-7-14)9-18-19(23)22(21(29)30-18)13-5-8-16-17(10-13)27-11-26-16/h3-10,15H,2,11H2,1H3,(H,24,25)/b18-9+. The van der Waals surface area contributed by atoms with Crippen LogP contribution in [0.25, 0.3) is 6.08 Å². The molecule has 0 radical (unpaired) electrons. The van der Waals surface area contributed by atoms with Gasteiger partial charge in [0.2, 0.25) is 6.79 Å². The van der Waals surface area contributed by atoms with Crippen LogP contribution in [0.3, 0.4) is 0 Å². The van der Waals surface area contributed by atoms with Gasteiger partial charge in [0.15, 0.2) is 21.9 Å². The van der Waals surface area contributed by atoms with Crippen molar-refractivity contribution in [2.75, 3.05) is 11.7 Å². The maximum Gasteiger partial charge on any atom is 0.344 e. The number of thiocarbonyl (C=S) groups is 1. The summed E-state index contributed by atoms with van der Waals surface area (Å²) < 4.78 is 16.6. The highest BCUT2D eigenvalue weighted by Gasteiger charge is 2.34. The maximum atomic E-state index is 12.9. The van der Waals surface area contributed by atoms with Crippen LogP contribution >= 0.6 is 24.0 Å². The zero-order valence-electron chi connectivity index (χ0n) is 15.9. The number of anilines is 1. The first-order chi connectivity index (χ1) is 14.5. The second-order valence-corrected chi connectivity index (χ2v) is 8.15. The van der Waals surface area contributed by atoms with E-state index in [0.717, 1.165) is 5.56 Å². The number of fused-ring (bicyclic) bond motifs is 1. The summed E-state index contributed by atoms with van der Waals surface area (Å²) in [5.74, 6) is 0.437. The molecule has 2 aromatic rings. The van der Waals surface area contributed by atoms with Gasteiger partial charge in [-0.05, 0) is 42.3 Å². The number of thioether (sulfide) groups is 1. The summed E-state index contributed by atoms with van der Waals surface area (Å²) in [4.78, 5) is 26.0. The van der Waals surface area contributed by atoms with E-state index in [1.165, 1.54) is 16.7 Å². The Morgan fingerprint density at radius 1 is 1.27 bits per heavy atom. The highest BCUT2D eigenvalue weighted by atomic mass is 32.2. The predicted octanol–water partition coefficient (Wildman–Crippen LogP) is 4.06. The fraction of sp³-hybridized carbons (Fsp3) is 0.190. The van der Waals surface area contributed by atoms with Gasteiger partial charge in [0.25, 0.3) is 5.91 Å². The second-order valence-electron chi connectivity index (χ2n) is 6.48. The van der Waals surface area contributed by atoms with Crippen molar-refractivity contribution in [2.24, 2.45) is 0 Å². The van der Waals surface area contributed by atoms with Crippen molar-refractivity contribution >= 4 is 51.9 Å². The van der Waals surface area contributed by atoms with Crippen LogP contribution in [0.2, 0.25) is 0 Å². The minimum absolute atomic E-state index is 0.155. The molecule has 4 rings (SSSR count). The number of carbonyl (C=O) groups is 2.